The van der Waals surface area contributed by atoms with Crippen LogP contribution in [0, 0.1) is 6.92 Å². The average molecular weight is 349 g/mol. The Balaban J connectivity index is 1.84. The first-order valence-corrected chi connectivity index (χ1v) is 7.88. The molecule has 0 radical (unpaired) electrons. The second-order valence-corrected chi connectivity index (χ2v) is 6.29. The highest BCUT2D eigenvalue weighted by molar-refractivity contribution is 7.16. The molecule has 0 atom stereocenters. The van der Waals surface area contributed by atoms with E-state index in [1.165, 1.54) is 17.5 Å². The minimum atomic E-state index is -0.318. The Morgan fingerprint density at radius 3 is 2.87 bits per heavy atom. The van der Waals surface area contributed by atoms with E-state index in [0.29, 0.717) is 21.5 Å². The number of carbonyl (C=O) groups is 1. The van der Waals surface area contributed by atoms with Gasteiger partial charge in [-0.3, -0.25) is 9.48 Å². The third-order valence-corrected chi connectivity index (χ3v) is 4.09. The number of nitrogens with one attached hydrogen (secondary N) is 2. The molecule has 3 aromatic heterocycles. The van der Waals surface area contributed by atoms with Gasteiger partial charge in [-0.15, -0.1) is 11.3 Å². The van der Waals surface area contributed by atoms with E-state index in [-0.39, 0.29) is 5.91 Å². The Hall–Kier alpha value is -2.45. The SMILES string of the molecule is Cc1nc(C(=O)Nc2ccnc(Cl)c2)c(Nc2ccnn2C)s1. The maximum absolute atomic E-state index is 12.5. The van der Waals surface area contributed by atoms with E-state index in [0.717, 1.165) is 10.8 Å². The fraction of sp³-hybridized carbons (Fsp3) is 0.143. The second kappa shape index (κ2) is 6.35. The van der Waals surface area contributed by atoms with Gasteiger partial charge in [0.25, 0.3) is 5.91 Å². The normalized spacial score (nSPS) is 10.6. The number of anilines is 3. The summed E-state index contributed by atoms with van der Waals surface area (Å²) in [6, 6.07) is 5.06. The zero-order valence-electron chi connectivity index (χ0n) is 12.4. The topological polar surface area (TPSA) is 84.7 Å². The molecule has 1 amide bonds. The standard InChI is InChI=1S/C14H13ClN6OS/c1-8-18-12(13(22)19-9-3-5-16-10(15)7-9)14(23-8)20-11-4-6-17-21(11)2/h3-7,20H,1-2H3,(H,16,19,22). The van der Waals surface area contributed by atoms with Gasteiger partial charge in [-0.25, -0.2) is 9.97 Å². The van der Waals surface area contributed by atoms with Gasteiger partial charge in [-0.1, -0.05) is 11.6 Å². The number of nitrogens with zero attached hydrogens (tertiary/aromatic N) is 4. The summed E-state index contributed by atoms with van der Waals surface area (Å²) in [4.78, 5) is 20.7. The first kappa shape index (κ1) is 15.4. The van der Waals surface area contributed by atoms with Crippen LogP contribution in [0.1, 0.15) is 15.5 Å². The number of hydrogen-bond acceptors (Lipinski definition) is 6. The van der Waals surface area contributed by atoms with Gasteiger partial charge in [0, 0.05) is 25.0 Å². The summed E-state index contributed by atoms with van der Waals surface area (Å²) in [5.74, 6) is 0.455. The lowest BCUT2D eigenvalue weighted by Gasteiger charge is -2.07. The van der Waals surface area contributed by atoms with Crippen LogP contribution in [-0.2, 0) is 7.05 Å². The first-order chi connectivity index (χ1) is 11.0. The fourth-order valence-electron chi connectivity index (χ4n) is 1.95. The molecular weight excluding hydrogens is 336 g/mol. The lowest BCUT2D eigenvalue weighted by atomic mass is 10.3. The molecule has 7 nitrogen and oxygen atoms in total. The van der Waals surface area contributed by atoms with E-state index in [2.05, 4.69) is 25.7 Å². The van der Waals surface area contributed by atoms with E-state index >= 15 is 0 Å². The van der Waals surface area contributed by atoms with Crippen LogP contribution >= 0.6 is 22.9 Å². The summed E-state index contributed by atoms with van der Waals surface area (Å²) in [7, 11) is 1.81. The van der Waals surface area contributed by atoms with Gasteiger partial charge in [0.2, 0.25) is 0 Å². The van der Waals surface area contributed by atoms with Crippen molar-refractivity contribution < 1.29 is 4.79 Å². The molecule has 0 aliphatic rings. The van der Waals surface area contributed by atoms with Gasteiger partial charge in [0.05, 0.1) is 11.2 Å². The highest BCUT2D eigenvalue weighted by Gasteiger charge is 2.18. The van der Waals surface area contributed by atoms with Gasteiger partial charge < -0.3 is 10.6 Å². The van der Waals surface area contributed by atoms with Crippen molar-refractivity contribution in [2.45, 2.75) is 6.92 Å². The molecular formula is C14H13ClN6OS. The van der Waals surface area contributed by atoms with Crippen LogP contribution in [0.3, 0.4) is 0 Å². The molecule has 23 heavy (non-hydrogen) atoms. The predicted octanol–water partition coefficient (Wildman–Crippen LogP) is 3.23. The molecule has 118 valence electrons. The highest BCUT2D eigenvalue weighted by Crippen LogP contribution is 2.28. The molecule has 0 aliphatic carbocycles. The Morgan fingerprint density at radius 1 is 1.35 bits per heavy atom. The number of carbonyl (C=O) groups excluding carboxylic acids is 1. The van der Waals surface area contributed by atoms with Crippen molar-refractivity contribution in [1.29, 1.82) is 0 Å². The van der Waals surface area contributed by atoms with Gasteiger partial charge in [-0.2, -0.15) is 5.10 Å². The lowest BCUT2D eigenvalue weighted by Crippen LogP contribution is -2.14. The molecule has 0 saturated carbocycles. The van der Waals surface area contributed by atoms with Crippen LogP contribution in [0.4, 0.5) is 16.5 Å². The number of thiazole rings is 1. The van der Waals surface area contributed by atoms with Crippen LogP contribution in [0.25, 0.3) is 0 Å². The molecule has 3 heterocycles. The fourth-order valence-corrected chi connectivity index (χ4v) is 2.95. The molecule has 0 unspecified atom stereocenters. The quantitative estimate of drug-likeness (QED) is 0.707. The summed E-state index contributed by atoms with van der Waals surface area (Å²) in [6.45, 7) is 1.85. The Labute approximate surface area is 141 Å². The van der Waals surface area contributed by atoms with Crippen LogP contribution in [0.2, 0.25) is 5.15 Å². The van der Waals surface area contributed by atoms with Crippen LogP contribution in [0.15, 0.2) is 30.6 Å². The predicted molar refractivity (Wildman–Crippen MR) is 90.5 cm³/mol. The van der Waals surface area contributed by atoms with Crippen molar-refractivity contribution in [3.05, 3.63) is 46.4 Å². The molecule has 0 bridgehead atoms. The zero-order chi connectivity index (χ0) is 16.4. The summed E-state index contributed by atoms with van der Waals surface area (Å²) in [5.41, 5.74) is 0.883. The minimum absolute atomic E-state index is 0.311. The molecule has 0 fully saturated rings. The van der Waals surface area contributed by atoms with Crippen LogP contribution in [0.5, 0.6) is 0 Å². The van der Waals surface area contributed by atoms with Gasteiger partial charge in [0.1, 0.15) is 16.0 Å². The van der Waals surface area contributed by atoms with Crippen LogP contribution in [-0.4, -0.2) is 25.7 Å². The average Bonchev–Trinajstić information content (AvgIpc) is 3.06. The second-order valence-electron chi connectivity index (χ2n) is 4.70. The summed E-state index contributed by atoms with van der Waals surface area (Å²) in [5, 5.41) is 11.8. The Morgan fingerprint density at radius 2 is 2.17 bits per heavy atom. The van der Waals surface area contributed by atoms with E-state index in [1.807, 2.05) is 20.0 Å². The molecule has 0 aliphatic heterocycles. The number of amides is 1. The van der Waals surface area contributed by atoms with Crippen molar-refractivity contribution in [1.82, 2.24) is 19.7 Å². The number of aromatic nitrogens is 4. The van der Waals surface area contributed by atoms with E-state index in [9.17, 15) is 4.79 Å². The van der Waals surface area contributed by atoms with E-state index < -0.39 is 0 Å². The number of halogens is 1. The molecule has 9 heteroatoms. The number of pyridine rings is 1. The third kappa shape index (κ3) is 3.49. The molecule has 3 aromatic rings. The van der Waals surface area contributed by atoms with Crippen molar-refractivity contribution in [3.63, 3.8) is 0 Å². The molecule has 0 aromatic carbocycles. The monoisotopic (exact) mass is 348 g/mol. The Bertz CT molecular complexity index is 859. The van der Waals surface area contributed by atoms with Gasteiger partial charge in [-0.05, 0) is 19.1 Å². The molecule has 2 N–H and O–H groups in total. The zero-order valence-corrected chi connectivity index (χ0v) is 13.9. The maximum Gasteiger partial charge on any atom is 0.277 e. The van der Waals surface area contributed by atoms with E-state index in [4.69, 9.17) is 11.6 Å². The number of hydrogen-bond donors (Lipinski definition) is 2. The number of rotatable bonds is 4. The van der Waals surface area contributed by atoms with Crippen molar-refractivity contribution >= 4 is 45.4 Å². The first-order valence-electron chi connectivity index (χ1n) is 6.68. The van der Waals surface area contributed by atoms with Crippen molar-refractivity contribution in [2.24, 2.45) is 7.05 Å². The maximum atomic E-state index is 12.5. The molecule has 3 rings (SSSR count). The smallest absolute Gasteiger partial charge is 0.277 e. The summed E-state index contributed by atoms with van der Waals surface area (Å²) >= 11 is 7.22. The highest BCUT2D eigenvalue weighted by atomic mass is 35.5. The number of aryl methyl sites for hydroxylation is 2. The molecule has 0 spiro atoms. The summed E-state index contributed by atoms with van der Waals surface area (Å²) in [6.07, 6.45) is 3.20. The van der Waals surface area contributed by atoms with Crippen LogP contribution < -0.4 is 10.6 Å². The molecule has 0 saturated heterocycles. The lowest BCUT2D eigenvalue weighted by molar-refractivity contribution is 0.102. The Kier molecular flexibility index (Phi) is 4.26. The van der Waals surface area contributed by atoms with E-state index in [1.54, 1.807) is 23.0 Å². The largest absolute Gasteiger partial charge is 0.330 e. The summed E-state index contributed by atoms with van der Waals surface area (Å²) < 4.78 is 1.68. The van der Waals surface area contributed by atoms with Gasteiger partial charge >= 0.3 is 0 Å². The van der Waals surface area contributed by atoms with Gasteiger partial charge in [0.15, 0.2) is 5.69 Å². The van der Waals surface area contributed by atoms with Crippen molar-refractivity contribution in [2.75, 3.05) is 10.6 Å². The minimum Gasteiger partial charge on any atom is -0.330 e. The third-order valence-electron chi connectivity index (χ3n) is 3.00. The van der Waals surface area contributed by atoms with Crippen molar-refractivity contribution in [3.8, 4) is 0 Å².